The average molecular weight is 345 g/mol. The largest absolute Gasteiger partial charge is 0.493 e. The SMILES string of the molecule is COc1cc(CN2CCC(OC)CC2CN)cc2c1OCO2.Cl. The Morgan fingerprint density at radius 2 is 2.13 bits per heavy atom. The highest BCUT2D eigenvalue weighted by atomic mass is 35.5. The maximum atomic E-state index is 5.94. The Hall–Kier alpha value is -1.21. The molecule has 0 spiro atoms. The van der Waals surface area contributed by atoms with Crippen molar-refractivity contribution in [2.75, 3.05) is 34.1 Å². The van der Waals surface area contributed by atoms with Crippen molar-refractivity contribution in [3.8, 4) is 17.2 Å². The summed E-state index contributed by atoms with van der Waals surface area (Å²) in [5.41, 5.74) is 7.09. The number of halogens is 1. The minimum atomic E-state index is 0. The van der Waals surface area contributed by atoms with Crippen LogP contribution >= 0.6 is 12.4 Å². The van der Waals surface area contributed by atoms with Crippen LogP contribution in [0, 0.1) is 0 Å². The zero-order valence-electron chi connectivity index (χ0n) is 13.6. The van der Waals surface area contributed by atoms with Crippen LogP contribution in [0.25, 0.3) is 0 Å². The van der Waals surface area contributed by atoms with E-state index in [2.05, 4.69) is 4.90 Å². The van der Waals surface area contributed by atoms with Gasteiger partial charge in [-0.25, -0.2) is 0 Å². The number of rotatable bonds is 5. The lowest BCUT2D eigenvalue weighted by Crippen LogP contribution is -2.47. The zero-order valence-corrected chi connectivity index (χ0v) is 14.4. The molecule has 0 aromatic heterocycles. The molecule has 2 unspecified atom stereocenters. The van der Waals surface area contributed by atoms with Crippen LogP contribution < -0.4 is 19.9 Å². The third-order valence-electron chi connectivity index (χ3n) is 4.50. The molecular formula is C16H25ClN2O4. The Labute approximate surface area is 143 Å². The van der Waals surface area contributed by atoms with Crippen molar-refractivity contribution in [1.29, 1.82) is 0 Å². The van der Waals surface area contributed by atoms with Crippen molar-refractivity contribution in [1.82, 2.24) is 4.90 Å². The maximum Gasteiger partial charge on any atom is 0.231 e. The summed E-state index contributed by atoms with van der Waals surface area (Å²) >= 11 is 0. The minimum absolute atomic E-state index is 0. The van der Waals surface area contributed by atoms with Gasteiger partial charge in [0.15, 0.2) is 11.5 Å². The number of ether oxygens (including phenoxy) is 4. The average Bonchev–Trinajstić information content (AvgIpc) is 3.02. The lowest BCUT2D eigenvalue weighted by molar-refractivity contribution is 0.0102. The number of fused-ring (bicyclic) bond motifs is 1. The molecule has 1 saturated heterocycles. The van der Waals surface area contributed by atoms with Crippen molar-refractivity contribution >= 4 is 12.4 Å². The van der Waals surface area contributed by atoms with E-state index in [-0.39, 0.29) is 19.2 Å². The normalized spacial score (nSPS) is 23.4. The highest BCUT2D eigenvalue weighted by molar-refractivity contribution is 5.85. The second-order valence-corrected chi connectivity index (χ2v) is 5.77. The van der Waals surface area contributed by atoms with Crippen LogP contribution in [0.2, 0.25) is 0 Å². The molecule has 23 heavy (non-hydrogen) atoms. The van der Waals surface area contributed by atoms with E-state index in [9.17, 15) is 0 Å². The van der Waals surface area contributed by atoms with E-state index < -0.39 is 0 Å². The zero-order chi connectivity index (χ0) is 15.5. The van der Waals surface area contributed by atoms with Crippen molar-refractivity contribution in [3.05, 3.63) is 17.7 Å². The first kappa shape index (κ1) is 18.1. The third kappa shape index (κ3) is 3.83. The number of hydrogen-bond acceptors (Lipinski definition) is 6. The van der Waals surface area contributed by atoms with Crippen LogP contribution in [0.4, 0.5) is 0 Å². The maximum absolute atomic E-state index is 5.94. The summed E-state index contributed by atoms with van der Waals surface area (Å²) < 4.78 is 21.8. The van der Waals surface area contributed by atoms with Crippen LogP contribution in [0.3, 0.4) is 0 Å². The lowest BCUT2D eigenvalue weighted by Gasteiger charge is -2.38. The summed E-state index contributed by atoms with van der Waals surface area (Å²) in [5, 5.41) is 0. The van der Waals surface area contributed by atoms with Gasteiger partial charge >= 0.3 is 0 Å². The molecule has 0 aliphatic carbocycles. The minimum Gasteiger partial charge on any atom is -0.493 e. The fourth-order valence-corrected chi connectivity index (χ4v) is 3.24. The van der Waals surface area contributed by atoms with Gasteiger partial charge in [-0.3, -0.25) is 4.90 Å². The van der Waals surface area contributed by atoms with Gasteiger partial charge in [0.2, 0.25) is 12.5 Å². The van der Waals surface area contributed by atoms with Crippen molar-refractivity contribution < 1.29 is 18.9 Å². The molecule has 0 amide bonds. The van der Waals surface area contributed by atoms with Crippen LogP contribution in [0.5, 0.6) is 17.2 Å². The highest BCUT2D eigenvalue weighted by Crippen LogP contribution is 2.42. The van der Waals surface area contributed by atoms with Crippen molar-refractivity contribution in [2.24, 2.45) is 5.73 Å². The van der Waals surface area contributed by atoms with Crippen LogP contribution in [0.15, 0.2) is 12.1 Å². The molecule has 0 radical (unpaired) electrons. The molecule has 2 heterocycles. The van der Waals surface area contributed by atoms with E-state index in [1.54, 1.807) is 14.2 Å². The Balaban J connectivity index is 0.00000192. The van der Waals surface area contributed by atoms with E-state index in [4.69, 9.17) is 24.7 Å². The molecular weight excluding hydrogens is 320 g/mol. The number of nitrogens with two attached hydrogens (primary N) is 1. The van der Waals surface area contributed by atoms with E-state index >= 15 is 0 Å². The van der Waals surface area contributed by atoms with Gasteiger partial charge < -0.3 is 24.7 Å². The Bertz CT molecular complexity index is 529. The number of likely N-dealkylation sites (tertiary alicyclic amines) is 1. The van der Waals surface area contributed by atoms with E-state index in [1.165, 1.54) is 0 Å². The first-order valence-electron chi connectivity index (χ1n) is 7.68. The highest BCUT2D eigenvalue weighted by Gasteiger charge is 2.28. The van der Waals surface area contributed by atoms with Crippen LogP contribution in [-0.4, -0.2) is 51.1 Å². The summed E-state index contributed by atoms with van der Waals surface area (Å²) in [6.45, 7) is 2.70. The van der Waals surface area contributed by atoms with Gasteiger partial charge in [0.1, 0.15) is 0 Å². The van der Waals surface area contributed by atoms with E-state index in [0.717, 1.165) is 43.0 Å². The third-order valence-corrected chi connectivity index (χ3v) is 4.50. The summed E-state index contributed by atoms with van der Waals surface area (Å²) in [7, 11) is 3.42. The fraction of sp³-hybridized carbons (Fsp3) is 0.625. The molecule has 6 nitrogen and oxygen atoms in total. The predicted octanol–water partition coefficient (Wildman–Crippen LogP) is 1.78. The van der Waals surface area contributed by atoms with Gasteiger partial charge in [-0.1, -0.05) is 0 Å². The first-order valence-corrected chi connectivity index (χ1v) is 7.68. The molecule has 2 aliphatic rings. The summed E-state index contributed by atoms with van der Waals surface area (Å²) in [5.74, 6) is 2.17. The Morgan fingerprint density at radius 1 is 1.30 bits per heavy atom. The molecule has 1 aromatic carbocycles. The fourth-order valence-electron chi connectivity index (χ4n) is 3.24. The summed E-state index contributed by atoms with van der Waals surface area (Å²) in [4.78, 5) is 2.41. The molecule has 7 heteroatoms. The number of nitrogens with zero attached hydrogens (tertiary/aromatic N) is 1. The smallest absolute Gasteiger partial charge is 0.231 e. The topological polar surface area (TPSA) is 66.2 Å². The molecule has 3 rings (SSSR count). The molecule has 130 valence electrons. The monoisotopic (exact) mass is 344 g/mol. The quantitative estimate of drug-likeness (QED) is 0.878. The van der Waals surface area contributed by atoms with Gasteiger partial charge in [-0.15, -0.1) is 12.4 Å². The van der Waals surface area contributed by atoms with Gasteiger partial charge in [0.05, 0.1) is 13.2 Å². The Kier molecular flexibility index (Phi) is 6.35. The number of methoxy groups -OCH3 is 2. The lowest BCUT2D eigenvalue weighted by atomic mass is 9.98. The molecule has 1 fully saturated rings. The van der Waals surface area contributed by atoms with Gasteiger partial charge in [-0.05, 0) is 30.5 Å². The summed E-state index contributed by atoms with van der Waals surface area (Å²) in [6, 6.07) is 4.39. The summed E-state index contributed by atoms with van der Waals surface area (Å²) in [6.07, 6.45) is 2.33. The van der Waals surface area contributed by atoms with Crippen molar-refractivity contribution in [3.63, 3.8) is 0 Å². The van der Waals surface area contributed by atoms with Gasteiger partial charge in [0, 0.05) is 32.8 Å². The molecule has 2 aliphatic heterocycles. The van der Waals surface area contributed by atoms with E-state index in [1.807, 2.05) is 12.1 Å². The molecule has 2 N–H and O–H groups in total. The second-order valence-electron chi connectivity index (χ2n) is 5.77. The molecule has 0 saturated carbocycles. The Morgan fingerprint density at radius 3 is 2.83 bits per heavy atom. The van der Waals surface area contributed by atoms with Crippen LogP contribution in [0.1, 0.15) is 18.4 Å². The van der Waals surface area contributed by atoms with E-state index in [0.29, 0.717) is 24.4 Å². The predicted molar refractivity (Wildman–Crippen MR) is 89.6 cm³/mol. The number of benzene rings is 1. The molecule has 1 aromatic rings. The first-order chi connectivity index (χ1) is 10.7. The number of piperidine rings is 1. The molecule has 0 bridgehead atoms. The van der Waals surface area contributed by atoms with Gasteiger partial charge in [0.25, 0.3) is 0 Å². The molecule has 2 atom stereocenters. The van der Waals surface area contributed by atoms with Crippen LogP contribution in [-0.2, 0) is 11.3 Å². The second kappa shape index (κ2) is 8.06. The number of hydrogen-bond donors (Lipinski definition) is 1. The van der Waals surface area contributed by atoms with Gasteiger partial charge in [-0.2, -0.15) is 0 Å². The standard InChI is InChI=1S/C16H24N2O4.ClH/c1-19-13-3-4-18(12(7-13)8-17)9-11-5-14(20-2)16-15(6-11)21-10-22-16;/h5-6,12-13H,3-4,7-10,17H2,1-2H3;1H. The van der Waals surface area contributed by atoms with Crippen molar-refractivity contribution in [2.45, 2.75) is 31.5 Å².